The molecular formula is C21H18BrN3O2. The molecular weight excluding hydrogens is 406 g/mol. The smallest absolute Gasteiger partial charge is 0.124 e. The van der Waals surface area contributed by atoms with E-state index in [-0.39, 0.29) is 5.75 Å². The van der Waals surface area contributed by atoms with Crippen molar-refractivity contribution in [3.63, 3.8) is 0 Å². The van der Waals surface area contributed by atoms with Crippen LogP contribution in [0.5, 0.6) is 11.5 Å². The topological polar surface area (TPSA) is 66.5 Å². The van der Waals surface area contributed by atoms with E-state index in [1.54, 1.807) is 24.4 Å². The number of aromatic hydroxyl groups is 1. The predicted octanol–water partition coefficient (Wildman–Crippen LogP) is 6.72. The molecule has 136 valence electrons. The number of phenolic OH excluding ortho intramolecular Hbond substituents is 1. The summed E-state index contributed by atoms with van der Waals surface area (Å²) in [6, 6.07) is 20.0. The number of azo groups is 1. The zero-order valence-corrected chi connectivity index (χ0v) is 16.3. The van der Waals surface area contributed by atoms with Crippen LogP contribution in [0.25, 0.3) is 0 Å². The monoisotopic (exact) mass is 423 g/mol. The van der Waals surface area contributed by atoms with Gasteiger partial charge >= 0.3 is 0 Å². The van der Waals surface area contributed by atoms with Gasteiger partial charge in [0.25, 0.3) is 0 Å². The molecule has 0 fully saturated rings. The van der Waals surface area contributed by atoms with Crippen molar-refractivity contribution in [3.05, 3.63) is 76.8 Å². The second-order valence-electron chi connectivity index (χ2n) is 5.58. The average molecular weight is 424 g/mol. The number of aliphatic imine (C=N–C) groups is 1. The fourth-order valence-corrected chi connectivity index (χ4v) is 2.68. The van der Waals surface area contributed by atoms with Crippen LogP contribution in [0.15, 0.2) is 86.4 Å². The quantitative estimate of drug-likeness (QED) is 0.353. The van der Waals surface area contributed by atoms with E-state index in [1.165, 1.54) is 0 Å². The van der Waals surface area contributed by atoms with Crippen LogP contribution in [-0.4, -0.2) is 17.9 Å². The largest absolute Gasteiger partial charge is 0.507 e. The van der Waals surface area contributed by atoms with Crippen LogP contribution in [0, 0.1) is 0 Å². The van der Waals surface area contributed by atoms with E-state index in [1.807, 2.05) is 55.5 Å². The molecule has 0 unspecified atom stereocenters. The van der Waals surface area contributed by atoms with Crippen molar-refractivity contribution < 1.29 is 9.84 Å². The first kappa shape index (κ1) is 18.8. The lowest BCUT2D eigenvalue weighted by molar-refractivity contribution is 0.340. The van der Waals surface area contributed by atoms with Gasteiger partial charge in [-0.2, -0.15) is 10.2 Å². The first-order chi connectivity index (χ1) is 13.2. The van der Waals surface area contributed by atoms with Crippen LogP contribution in [0.1, 0.15) is 12.5 Å². The van der Waals surface area contributed by atoms with E-state index in [2.05, 4.69) is 31.2 Å². The molecule has 3 rings (SSSR count). The molecule has 6 heteroatoms. The molecule has 0 aromatic heterocycles. The van der Waals surface area contributed by atoms with E-state index < -0.39 is 0 Å². The molecule has 0 spiro atoms. The van der Waals surface area contributed by atoms with Crippen molar-refractivity contribution >= 4 is 39.2 Å². The number of phenols is 1. The molecule has 3 aromatic carbocycles. The standard InChI is InChI=1S/C21H18BrN3O2/c1-2-27-18-10-7-16(8-11-18)24-25-17-9-12-21(26)15(13-17)14-23-20-6-4-3-5-19(20)22/h3-14,26H,2H2,1H3. The highest BCUT2D eigenvalue weighted by Crippen LogP contribution is 2.27. The number of para-hydroxylation sites is 1. The summed E-state index contributed by atoms with van der Waals surface area (Å²) >= 11 is 3.45. The predicted molar refractivity (Wildman–Crippen MR) is 111 cm³/mol. The molecule has 0 aliphatic carbocycles. The van der Waals surface area contributed by atoms with Crippen molar-refractivity contribution in [2.75, 3.05) is 6.61 Å². The number of hydrogen-bond acceptors (Lipinski definition) is 5. The molecule has 0 radical (unpaired) electrons. The third-order valence-corrected chi connectivity index (χ3v) is 4.31. The number of benzene rings is 3. The first-order valence-corrected chi connectivity index (χ1v) is 9.21. The number of rotatable bonds is 6. The van der Waals surface area contributed by atoms with Crippen LogP contribution in [-0.2, 0) is 0 Å². The maximum Gasteiger partial charge on any atom is 0.124 e. The summed E-state index contributed by atoms with van der Waals surface area (Å²) in [5.41, 5.74) is 2.68. The van der Waals surface area contributed by atoms with Crippen LogP contribution < -0.4 is 4.74 Å². The Labute approximate surface area is 166 Å². The molecule has 0 heterocycles. The highest BCUT2D eigenvalue weighted by atomic mass is 79.9. The van der Waals surface area contributed by atoms with Gasteiger partial charge in [0.15, 0.2) is 0 Å². The van der Waals surface area contributed by atoms with Gasteiger partial charge in [-0.25, -0.2) is 0 Å². The third kappa shape index (κ3) is 5.24. The summed E-state index contributed by atoms with van der Waals surface area (Å²) in [5.74, 6) is 0.928. The second-order valence-corrected chi connectivity index (χ2v) is 6.43. The van der Waals surface area contributed by atoms with Crippen LogP contribution >= 0.6 is 15.9 Å². The maximum absolute atomic E-state index is 10.1. The summed E-state index contributed by atoms with van der Waals surface area (Å²) in [5, 5.41) is 18.5. The summed E-state index contributed by atoms with van der Waals surface area (Å²) in [6.45, 7) is 2.56. The van der Waals surface area contributed by atoms with Crippen molar-refractivity contribution in [2.45, 2.75) is 6.92 Å². The Kier molecular flexibility index (Phi) is 6.33. The van der Waals surface area contributed by atoms with E-state index in [4.69, 9.17) is 4.74 Å². The van der Waals surface area contributed by atoms with Crippen molar-refractivity contribution in [1.82, 2.24) is 0 Å². The summed E-state index contributed by atoms with van der Waals surface area (Å²) in [4.78, 5) is 4.41. The Bertz CT molecular complexity index is 969. The summed E-state index contributed by atoms with van der Waals surface area (Å²) < 4.78 is 6.29. The normalized spacial score (nSPS) is 11.3. The molecule has 27 heavy (non-hydrogen) atoms. The Hall–Kier alpha value is -2.99. The molecule has 0 aliphatic heterocycles. The number of ether oxygens (including phenoxy) is 1. The first-order valence-electron chi connectivity index (χ1n) is 8.42. The molecule has 0 amide bonds. The third-order valence-electron chi connectivity index (χ3n) is 3.63. The van der Waals surface area contributed by atoms with Crippen LogP contribution in [0.3, 0.4) is 0 Å². The molecule has 0 aliphatic rings. The zero-order valence-electron chi connectivity index (χ0n) is 14.7. The van der Waals surface area contributed by atoms with E-state index in [0.717, 1.165) is 21.6 Å². The molecule has 0 atom stereocenters. The van der Waals surface area contributed by atoms with Crippen molar-refractivity contribution in [3.8, 4) is 11.5 Å². The highest BCUT2D eigenvalue weighted by molar-refractivity contribution is 9.10. The molecule has 0 saturated heterocycles. The SMILES string of the molecule is CCOc1ccc(N=Nc2ccc(O)c(C=Nc3ccccc3Br)c2)cc1. The second kappa shape index (κ2) is 9.09. The average Bonchev–Trinajstić information content (AvgIpc) is 2.69. The highest BCUT2D eigenvalue weighted by Gasteiger charge is 2.02. The Morgan fingerprint density at radius 1 is 0.963 bits per heavy atom. The van der Waals surface area contributed by atoms with E-state index in [9.17, 15) is 5.11 Å². The fraction of sp³-hybridized carbons (Fsp3) is 0.0952. The lowest BCUT2D eigenvalue weighted by Gasteiger charge is -2.02. The lowest BCUT2D eigenvalue weighted by Crippen LogP contribution is -1.89. The van der Waals surface area contributed by atoms with Gasteiger partial charge in [0.05, 0.1) is 23.7 Å². The maximum atomic E-state index is 10.1. The number of halogens is 1. The van der Waals surface area contributed by atoms with Crippen molar-refractivity contribution in [2.24, 2.45) is 15.2 Å². The van der Waals surface area contributed by atoms with Gasteiger partial charge in [0, 0.05) is 16.3 Å². The van der Waals surface area contributed by atoms with Gasteiger partial charge in [-0.1, -0.05) is 12.1 Å². The van der Waals surface area contributed by atoms with Gasteiger partial charge < -0.3 is 9.84 Å². The number of hydrogen-bond donors (Lipinski definition) is 1. The van der Waals surface area contributed by atoms with Crippen LogP contribution in [0.4, 0.5) is 17.1 Å². The molecule has 3 aromatic rings. The van der Waals surface area contributed by atoms with E-state index >= 15 is 0 Å². The Morgan fingerprint density at radius 2 is 1.67 bits per heavy atom. The fourth-order valence-electron chi connectivity index (χ4n) is 2.29. The summed E-state index contributed by atoms with van der Waals surface area (Å²) in [7, 11) is 0. The van der Waals surface area contributed by atoms with Crippen molar-refractivity contribution in [1.29, 1.82) is 0 Å². The minimum atomic E-state index is 0.130. The molecule has 5 nitrogen and oxygen atoms in total. The minimum Gasteiger partial charge on any atom is -0.507 e. The minimum absolute atomic E-state index is 0.130. The Balaban J connectivity index is 1.77. The Morgan fingerprint density at radius 3 is 2.41 bits per heavy atom. The number of nitrogens with zero attached hydrogens (tertiary/aromatic N) is 3. The van der Waals surface area contributed by atoms with Crippen LogP contribution in [0.2, 0.25) is 0 Å². The zero-order chi connectivity index (χ0) is 19.1. The van der Waals surface area contributed by atoms with Gasteiger partial charge in [0.1, 0.15) is 11.5 Å². The van der Waals surface area contributed by atoms with Gasteiger partial charge in [0.2, 0.25) is 0 Å². The lowest BCUT2D eigenvalue weighted by atomic mass is 10.2. The van der Waals surface area contributed by atoms with Gasteiger partial charge in [-0.15, -0.1) is 0 Å². The molecule has 0 saturated carbocycles. The molecule has 1 N–H and O–H groups in total. The summed E-state index contributed by atoms with van der Waals surface area (Å²) in [6.07, 6.45) is 1.60. The molecule has 0 bridgehead atoms. The van der Waals surface area contributed by atoms with E-state index in [0.29, 0.717) is 17.9 Å². The van der Waals surface area contributed by atoms with Gasteiger partial charge in [-0.3, -0.25) is 4.99 Å². The van der Waals surface area contributed by atoms with Gasteiger partial charge in [-0.05, 0) is 77.5 Å².